The van der Waals surface area contributed by atoms with Gasteiger partial charge in [-0.3, -0.25) is 0 Å². The number of hydrogen-bond donors (Lipinski definition) is 0. The van der Waals surface area contributed by atoms with Crippen molar-refractivity contribution in [3.63, 3.8) is 0 Å². The number of carbonyl (C=O) groups excluding carboxylic acids is 1. The highest BCUT2D eigenvalue weighted by molar-refractivity contribution is 5.89. The monoisotopic (exact) mass is 483 g/mol. The summed E-state index contributed by atoms with van der Waals surface area (Å²) in [6.45, 7) is 9.93. The molecule has 0 aliphatic rings. The minimum Gasteiger partial charge on any atom is -0.494 e. The first-order chi connectivity index (χ1) is 16.8. The third kappa shape index (κ3) is 6.93. The van der Waals surface area contributed by atoms with E-state index < -0.39 is 11.9 Å². The summed E-state index contributed by atoms with van der Waals surface area (Å²) >= 11 is 0. The molecule has 0 saturated heterocycles. The zero-order valence-electron chi connectivity index (χ0n) is 20.9. The molecule has 0 atom stereocenters. The minimum absolute atomic E-state index is 0.0306. The van der Waals surface area contributed by atoms with Crippen LogP contribution in [0.3, 0.4) is 0 Å². The largest absolute Gasteiger partial charge is 0.494 e. The fraction of sp³-hybridized carbons (Fsp3) is 0.414. The molecule has 0 amide bonds. The van der Waals surface area contributed by atoms with Crippen molar-refractivity contribution in [3.8, 4) is 17.0 Å². The molecule has 6 heteroatoms. The molecular formula is C29H35F2NO3. The highest BCUT2D eigenvalue weighted by Crippen LogP contribution is 2.35. The predicted molar refractivity (Wildman–Crippen MR) is 137 cm³/mol. The van der Waals surface area contributed by atoms with Crippen LogP contribution in [0.2, 0.25) is 0 Å². The lowest BCUT2D eigenvalue weighted by atomic mass is 10.0. The summed E-state index contributed by atoms with van der Waals surface area (Å²) in [5.74, 6) is -2.74. The van der Waals surface area contributed by atoms with E-state index in [-0.39, 0.29) is 44.9 Å². The highest BCUT2D eigenvalue weighted by Gasteiger charge is 2.27. The Bertz CT molecular complexity index is 1150. The van der Waals surface area contributed by atoms with Crippen molar-refractivity contribution < 1.29 is 23.0 Å². The molecule has 0 aliphatic carbocycles. The topological polar surface area (TPSA) is 40.5 Å². The molecule has 1 heterocycles. The fourth-order valence-corrected chi connectivity index (χ4v) is 4.34. The first-order valence-corrected chi connectivity index (χ1v) is 12.3. The lowest BCUT2D eigenvalue weighted by Gasteiger charge is -2.18. The van der Waals surface area contributed by atoms with Gasteiger partial charge in [-0.2, -0.15) is 0 Å². The normalized spacial score (nSPS) is 11.7. The summed E-state index contributed by atoms with van der Waals surface area (Å²) in [6.07, 6.45) is 1.72. The van der Waals surface area contributed by atoms with E-state index in [0.29, 0.717) is 5.75 Å². The van der Waals surface area contributed by atoms with Crippen LogP contribution in [0.15, 0.2) is 61.2 Å². The third-order valence-electron chi connectivity index (χ3n) is 6.06. The Kier molecular flexibility index (Phi) is 9.07. The van der Waals surface area contributed by atoms with Crippen LogP contribution in [0.1, 0.15) is 58.1 Å². The Balaban J connectivity index is 1.64. The van der Waals surface area contributed by atoms with Gasteiger partial charge in [-0.25, -0.2) is 13.6 Å². The lowest BCUT2D eigenvalue weighted by Crippen LogP contribution is -2.18. The summed E-state index contributed by atoms with van der Waals surface area (Å²) in [7, 11) is 0. The van der Waals surface area contributed by atoms with E-state index in [1.165, 1.54) is 16.8 Å². The number of esters is 1. The van der Waals surface area contributed by atoms with Gasteiger partial charge in [0.25, 0.3) is 0 Å². The Morgan fingerprint density at radius 2 is 1.80 bits per heavy atom. The molecule has 4 nitrogen and oxygen atoms in total. The summed E-state index contributed by atoms with van der Waals surface area (Å²) in [6, 6.07) is 16.8. The van der Waals surface area contributed by atoms with E-state index in [9.17, 15) is 13.6 Å². The number of alkyl halides is 2. The number of aryl methyl sites for hydroxylation is 1. The first kappa shape index (κ1) is 26.5. The maximum Gasteiger partial charge on any atom is 0.330 e. The number of rotatable bonds is 13. The van der Waals surface area contributed by atoms with E-state index in [0.717, 1.165) is 23.4 Å². The molecule has 3 aromatic rings. The number of nitrogens with zero attached hydrogens (tertiary/aromatic N) is 1. The maximum atomic E-state index is 14.1. The SMILES string of the molecule is C=CC(=O)OCCCC(F)(F)CCCOc1ccc2cc(-c3ccccc3CC)n(C(C)C)c2c1. The molecule has 0 fully saturated rings. The van der Waals surface area contributed by atoms with Gasteiger partial charge in [0.05, 0.1) is 18.7 Å². The van der Waals surface area contributed by atoms with Crippen molar-refractivity contribution in [2.24, 2.45) is 0 Å². The lowest BCUT2D eigenvalue weighted by molar-refractivity contribution is -0.138. The van der Waals surface area contributed by atoms with Crippen molar-refractivity contribution in [1.29, 1.82) is 0 Å². The van der Waals surface area contributed by atoms with Gasteiger partial charge in [0.1, 0.15) is 5.75 Å². The minimum atomic E-state index is -2.82. The molecular weight excluding hydrogens is 448 g/mol. The summed E-state index contributed by atoms with van der Waals surface area (Å²) in [5, 5.41) is 1.12. The van der Waals surface area contributed by atoms with Gasteiger partial charge in [0.2, 0.25) is 5.92 Å². The second-order valence-corrected chi connectivity index (χ2v) is 9.01. The van der Waals surface area contributed by atoms with E-state index in [1.54, 1.807) is 0 Å². The molecule has 188 valence electrons. The number of fused-ring (bicyclic) bond motifs is 1. The van der Waals surface area contributed by atoms with Crippen LogP contribution in [-0.4, -0.2) is 29.7 Å². The maximum absolute atomic E-state index is 14.1. The van der Waals surface area contributed by atoms with Gasteiger partial charge in [0.15, 0.2) is 0 Å². The average molecular weight is 484 g/mol. The number of benzene rings is 2. The van der Waals surface area contributed by atoms with Crippen molar-refractivity contribution in [2.45, 2.75) is 64.8 Å². The Morgan fingerprint density at radius 3 is 2.49 bits per heavy atom. The molecule has 0 radical (unpaired) electrons. The second-order valence-electron chi connectivity index (χ2n) is 9.01. The highest BCUT2D eigenvalue weighted by atomic mass is 19.3. The Morgan fingerprint density at radius 1 is 1.09 bits per heavy atom. The van der Waals surface area contributed by atoms with Crippen LogP contribution in [0.25, 0.3) is 22.2 Å². The number of halogens is 2. The predicted octanol–water partition coefficient (Wildman–Crippen LogP) is 7.76. The smallest absolute Gasteiger partial charge is 0.330 e. The van der Waals surface area contributed by atoms with Gasteiger partial charge in [0, 0.05) is 47.7 Å². The summed E-state index contributed by atoms with van der Waals surface area (Å²) < 4.78 is 41.1. The Hall–Kier alpha value is -3.15. The van der Waals surface area contributed by atoms with Crippen molar-refractivity contribution in [3.05, 3.63) is 66.7 Å². The van der Waals surface area contributed by atoms with E-state index in [1.807, 2.05) is 18.2 Å². The van der Waals surface area contributed by atoms with Gasteiger partial charge < -0.3 is 14.0 Å². The fourth-order valence-electron chi connectivity index (χ4n) is 4.34. The molecule has 0 spiro atoms. The Labute approximate surface area is 206 Å². The van der Waals surface area contributed by atoms with E-state index >= 15 is 0 Å². The van der Waals surface area contributed by atoms with Crippen molar-refractivity contribution in [2.75, 3.05) is 13.2 Å². The van der Waals surface area contributed by atoms with Crippen LogP contribution < -0.4 is 4.74 Å². The van der Waals surface area contributed by atoms with Gasteiger partial charge in [-0.1, -0.05) is 37.8 Å². The van der Waals surface area contributed by atoms with Gasteiger partial charge in [-0.05, 0) is 56.9 Å². The van der Waals surface area contributed by atoms with Gasteiger partial charge >= 0.3 is 5.97 Å². The number of ether oxygens (including phenoxy) is 2. The molecule has 2 aromatic carbocycles. The van der Waals surface area contributed by atoms with E-state index in [2.05, 4.69) is 62.2 Å². The molecule has 1 aromatic heterocycles. The first-order valence-electron chi connectivity index (χ1n) is 12.3. The van der Waals surface area contributed by atoms with Gasteiger partial charge in [-0.15, -0.1) is 0 Å². The molecule has 0 unspecified atom stereocenters. The molecule has 0 aliphatic heterocycles. The number of aromatic nitrogens is 1. The van der Waals surface area contributed by atoms with Crippen LogP contribution in [-0.2, 0) is 16.0 Å². The molecule has 35 heavy (non-hydrogen) atoms. The van der Waals surface area contributed by atoms with Crippen molar-refractivity contribution >= 4 is 16.9 Å². The van der Waals surface area contributed by atoms with Crippen LogP contribution in [0.5, 0.6) is 5.75 Å². The zero-order valence-corrected chi connectivity index (χ0v) is 20.9. The molecule has 3 rings (SSSR count). The number of hydrogen-bond acceptors (Lipinski definition) is 3. The second kappa shape index (κ2) is 12.0. The summed E-state index contributed by atoms with van der Waals surface area (Å²) in [4.78, 5) is 11.0. The third-order valence-corrected chi connectivity index (χ3v) is 6.06. The molecule has 0 saturated carbocycles. The van der Waals surface area contributed by atoms with Crippen molar-refractivity contribution in [1.82, 2.24) is 4.57 Å². The van der Waals surface area contributed by atoms with E-state index in [4.69, 9.17) is 9.47 Å². The quantitative estimate of drug-likeness (QED) is 0.142. The number of carbonyl (C=O) groups is 1. The zero-order chi connectivity index (χ0) is 25.4. The van der Waals surface area contributed by atoms with Crippen LogP contribution in [0, 0.1) is 0 Å². The molecule has 0 N–H and O–H groups in total. The standard InChI is InChI=1S/C29H35F2NO3/c1-5-22-11-7-8-12-25(22)27-19-23-13-14-24(20-26(23)32(27)21(3)4)34-17-9-15-29(30,31)16-10-18-35-28(33)6-2/h6-8,11-14,19-21H,2,5,9-10,15-18H2,1,3-4H3. The molecule has 0 bridgehead atoms. The average Bonchev–Trinajstić information content (AvgIpc) is 3.23. The summed E-state index contributed by atoms with van der Waals surface area (Å²) in [5.41, 5.74) is 4.76. The van der Waals surface area contributed by atoms with Crippen LogP contribution >= 0.6 is 0 Å². The van der Waals surface area contributed by atoms with Crippen LogP contribution in [0.4, 0.5) is 8.78 Å².